The first-order chi connectivity index (χ1) is 9.78. The summed E-state index contributed by atoms with van der Waals surface area (Å²) >= 11 is 0. The van der Waals surface area contributed by atoms with Gasteiger partial charge in [-0.2, -0.15) is 0 Å². The van der Waals surface area contributed by atoms with Gasteiger partial charge < -0.3 is 10.2 Å². The predicted molar refractivity (Wildman–Crippen MR) is 86.3 cm³/mol. The van der Waals surface area contributed by atoms with Gasteiger partial charge in [0.2, 0.25) is 0 Å². The van der Waals surface area contributed by atoms with Gasteiger partial charge in [0.15, 0.2) is 0 Å². The Morgan fingerprint density at radius 2 is 2.00 bits per heavy atom. The minimum atomic E-state index is 0.742. The number of nitrogens with one attached hydrogen (secondary N) is 1. The number of pyridine rings is 1. The van der Waals surface area contributed by atoms with Crippen molar-refractivity contribution in [2.24, 2.45) is 0 Å². The van der Waals surface area contributed by atoms with Crippen molar-refractivity contribution in [3.05, 3.63) is 23.4 Å². The molecule has 20 heavy (non-hydrogen) atoms. The maximum absolute atomic E-state index is 4.91. The van der Waals surface area contributed by atoms with Crippen LogP contribution >= 0.6 is 0 Å². The van der Waals surface area contributed by atoms with Gasteiger partial charge in [0, 0.05) is 24.8 Å². The Bertz CT molecular complexity index is 413. The average molecular weight is 275 g/mol. The molecule has 112 valence electrons. The summed E-state index contributed by atoms with van der Waals surface area (Å²) in [5.74, 6) is 1.20. The van der Waals surface area contributed by atoms with Crippen LogP contribution in [0, 0.1) is 0 Å². The van der Waals surface area contributed by atoms with Gasteiger partial charge in [-0.05, 0) is 49.9 Å². The van der Waals surface area contributed by atoms with Crippen molar-refractivity contribution in [3.8, 4) is 0 Å². The molecule has 1 aliphatic rings. The van der Waals surface area contributed by atoms with E-state index in [9.17, 15) is 0 Å². The lowest BCUT2D eigenvalue weighted by Gasteiger charge is -2.24. The van der Waals surface area contributed by atoms with Crippen LogP contribution in [0.2, 0.25) is 0 Å². The van der Waals surface area contributed by atoms with E-state index in [0.717, 1.165) is 38.5 Å². The third-order valence-electron chi connectivity index (χ3n) is 3.76. The van der Waals surface area contributed by atoms with Gasteiger partial charge in [0.05, 0.1) is 0 Å². The summed E-state index contributed by atoms with van der Waals surface area (Å²) in [5.41, 5.74) is 2.63. The molecule has 0 amide bonds. The van der Waals surface area contributed by atoms with Gasteiger partial charge in [0.1, 0.15) is 5.82 Å². The molecule has 0 bridgehead atoms. The maximum atomic E-state index is 4.91. The molecule has 3 nitrogen and oxygen atoms in total. The number of anilines is 1. The molecule has 0 aromatic carbocycles. The van der Waals surface area contributed by atoms with Crippen LogP contribution in [-0.2, 0) is 13.0 Å². The van der Waals surface area contributed by atoms with Crippen molar-refractivity contribution >= 4 is 5.82 Å². The van der Waals surface area contributed by atoms with E-state index in [0.29, 0.717) is 0 Å². The molecule has 1 aromatic rings. The second kappa shape index (κ2) is 7.63. The molecular formula is C17H29N3. The summed E-state index contributed by atoms with van der Waals surface area (Å²) in [6.07, 6.45) is 6.11. The monoisotopic (exact) mass is 275 g/mol. The van der Waals surface area contributed by atoms with Gasteiger partial charge in [-0.25, -0.2) is 4.98 Å². The smallest absolute Gasteiger partial charge is 0.129 e. The lowest BCUT2D eigenvalue weighted by Crippen LogP contribution is -2.28. The predicted octanol–water partition coefficient (Wildman–Crippen LogP) is 3.52. The van der Waals surface area contributed by atoms with E-state index in [1.54, 1.807) is 0 Å². The molecule has 2 rings (SSSR count). The van der Waals surface area contributed by atoms with Crippen molar-refractivity contribution in [3.63, 3.8) is 0 Å². The zero-order valence-corrected chi connectivity index (χ0v) is 13.3. The van der Waals surface area contributed by atoms with Crippen molar-refractivity contribution in [2.45, 2.75) is 65.5 Å². The van der Waals surface area contributed by atoms with Crippen LogP contribution in [-0.4, -0.2) is 24.1 Å². The SMILES string of the molecule is CCCc1cc(CNCC)cc(N(CCC)C2CC2)n1. The molecule has 1 aliphatic carbocycles. The van der Waals surface area contributed by atoms with E-state index in [1.165, 1.54) is 36.3 Å². The summed E-state index contributed by atoms with van der Waals surface area (Å²) in [5, 5.41) is 3.43. The molecule has 0 atom stereocenters. The second-order valence-corrected chi connectivity index (χ2v) is 5.78. The third-order valence-corrected chi connectivity index (χ3v) is 3.76. The van der Waals surface area contributed by atoms with Crippen LogP contribution < -0.4 is 10.2 Å². The van der Waals surface area contributed by atoms with Crippen LogP contribution in [0.1, 0.15) is 57.7 Å². The quantitative estimate of drug-likeness (QED) is 0.747. The second-order valence-electron chi connectivity index (χ2n) is 5.78. The van der Waals surface area contributed by atoms with Crippen molar-refractivity contribution < 1.29 is 0 Å². The highest BCUT2D eigenvalue weighted by Gasteiger charge is 2.29. The first-order valence-electron chi connectivity index (χ1n) is 8.25. The Labute approximate surface area is 123 Å². The number of hydrogen-bond donors (Lipinski definition) is 1. The zero-order chi connectivity index (χ0) is 14.4. The van der Waals surface area contributed by atoms with Gasteiger partial charge in [-0.15, -0.1) is 0 Å². The standard InChI is InChI=1S/C17H29N3/c1-4-7-15-11-14(13-18-6-3)12-17(19-15)20(10-5-2)16-8-9-16/h11-12,16,18H,4-10,13H2,1-3H3. The fraction of sp³-hybridized carbons (Fsp3) is 0.706. The van der Waals surface area contributed by atoms with Gasteiger partial charge in [0.25, 0.3) is 0 Å². The van der Waals surface area contributed by atoms with Gasteiger partial charge >= 0.3 is 0 Å². The van der Waals surface area contributed by atoms with Crippen LogP contribution in [0.3, 0.4) is 0 Å². The third kappa shape index (κ3) is 4.20. The molecule has 0 saturated heterocycles. The van der Waals surface area contributed by atoms with E-state index < -0.39 is 0 Å². The molecule has 1 fully saturated rings. The molecule has 1 saturated carbocycles. The van der Waals surface area contributed by atoms with E-state index in [-0.39, 0.29) is 0 Å². The highest BCUT2D eigenvalue weighted by molar-refractivity contribution is 5.45. The molecule has 0 unspecified atom stereocenters. The Kier molecular flexibility index (Phi) is 5.84. The van der Waals surface area contributed by atoms with E-state index >= 15 is 0 Å². The molecule has 1 heterocycles. The van der Waals surface area contributed by atoms with Gasteiger partial charge in [-0.3, -0.25) is 0 Å². The Morgan fingerprint density at radius 1 is 1.20 bits per heavy atom. The topological polar surface area (TPSA) is 28.2 Å². The van der Waals surface area contributed by atoms with Crippen molar-refractivity contribution in [1.82, 2.24) is 10.3 Å². The van der Waals surface area contributed by atoms with E-state index in [2.05, 4.69) is 43.1 Å². The molecule has 0 aliphatic heterocycles. The zero-order valence-electron chi connectivity index (χ0n) is 13.3. The van der Waals surface area contributed by atoms with Crippen molar-refractivity contribution in [1.29, 1.82) is 0 Å². The van der Waals surface area contributed by atoms with Crippen LogP contribution in [0.25, 0.3) is 0 Å². The number of nitrogens with zero attached hydrogens (tertiary/aromatic N) is 2. The summed E-state index contributed by atoms with van der Waals surface area (Å²) in [6.45, 7) is 9.74. The molecule has 1 N–H and O–H groups in total. The van der Waals surface area contributed by atoms with Crippen LogP contribution in [0.15, 0.2) is 12.1 Å². The minimum absolute atomic E-state index is 0.742. The largest absolute Gasteiger partial charge is 0.354 e. The van der Waals surface area contributed by atoms with Crippen molar-refractivity contribution in [2.75, 3.05) is 18.0 Å². The number of aryl methyl sites for hydroxylation is 1. The highest BCUT2D eigenvalue weighted by Crippen LogP contribution is 2.31. The Hall–Kier alpha value is -1.09. The Balaban J connectivity index is 2.21. The molecule has 0 radical (unpaired) electrons. The number of hydrogen-bond acceptors (Lipinski definition) is 3. The average Bonchev–Trinajstić information content (AvgIpc) is 3.27. The lowest BCUT2D eigenvalue weighted by molar-refractivity contribution is 0.714. The highest BCUT2D eigenvalue weighted by atomic mass is 15.2. The number of aromatic nitrogens is 1. The lowest BCUT2D eigenvalue weighted by atomic mass is 10.1. The molecule has 1 aromatic heterocycles. The summed E-state index contributed by atoms with van der Waals surface area (Å²) in [6, 6.07) is 5.30. The number of rotatable bonds is 9. The first kappa shape index (κ1) is 15.3. The normalized spacial score (nSPS) is 14.6. The fourth-order valence-electron chi connectivity index (χ4n) is 2.65. The van der Waals surface area contributed by atoms with Gasteiger partial charge in [-0.1, -0.05) is 27.2 Å². The summed E-state index contributed by atoms with van der Waals surface area (Å²) in [7, 11) is 0. The Morgan fingerprint density at radius 3 is 2.60 bits per heavy atom. The van der Waals surface area contributed by atoms with Crippen LogP contribution in [0.4, 0.5) is 5.82 Å². The van der Waals surface area contributed by atoms with E-state index in [1.807, 2.05) is 0 Å². The molecule has 3 heteroatoms. The van der Waals surface area contributed by atoms with E-state index in [4.69, 9.17) is 4.98 Å². The summed E-state index contributed by atoms with van der Waals surface area (Å²) in [4.78, 5) is 7.43. The summed E-state index contributed by atoms with van der Waals surface area (Å²) < 4.78 is 0. The van der Waals surface area contributed by atoms with Crippen LogP contribution in [0.5, 0.6) is 0 Å². The molecular weight excluding hydrogens is 246 g/mol. The molecule has 0 spiro atoms. The minimum Gasteiger partial charge on any atom is -0.354 e. The fourth-order valence-corrected chi connectivity index (χ4v) is 2.65. The maximum Gasteiger partial charge on any atom is 0.129 e. The first-order valence-corrected chi connectivity index (χ1v) is 8.25.